The van der Waals surface area contributed by atoms with Crippen LogP contribution >= 0.6 is 11.6 Å². The highest BCUT2D eigenvalue weighted by atomic mass is 35.5. The van der Waals surface area contributed by atoms with Gasteiger partial charge in [-0.3, -0.25) is 14.2 Å². The molecule has 1 amide bonds. The molecular weight excluding hydrogens is 541 g/mol. The van der Waals surface area contributed by atoms with Crippen LogP contribution in [0, 0.1) is 18.7 Å². The van der Waals surface area contributed by atoms with Gasteiger partial charge in [0.05, 0.1) is 36.2 Å². The minimum absolute atomic E-state index is 0.0126. The molecule has 2 aliphatic carbocycles. The van der Waals surface area contributed by atoms with Gasteiger partial charge in [-0.25, -0.2) is 13.6 Å². The molecule has 2 saturated carbocycles. The zero-order chi connectivity index (χ0) is 27.1. The zero-order valence-electron chi connectivity index (χ0n) is 21.6. The number of aryl methyl sites for hydroxylation is 1. The number of hydrogen-bond acceptors (Lipinski definition) is 5. The number of aromatic nitrogens is 3. The van der Waals surface area contributed by atoms with Crippen molar-refractivity contribution in [3.63, 3.8) is 0 Å². The Morgan fingerprint density at radius 2 is 1.92 bits per heavy atom. The van der Waals surface area contributed by atoms with Crippen LogP contribution in [0.15, 0.2) is 48.5 Å². The van der Waals surface area contributed by atoms with E-state index in [4.69, 9.17) is 16.3 Å². The summed E-state index contributed by atoms with van der Waals surface area (Å²) in [5, 5.41) is 7.65. The van der Waals surface area contributed by atoms with E-state index in [2.05, 4.69) is 15.2 Å². The van der Waals surface area contributed by atoms with Crippen LogP contribution < -0.4 is 4.31 Å². The number of hydrogen-bond donors (Lipinski definition) is 1. The van der Waals surface area contributed by atoms with Gasteiger partial charge in [-0.2, -0.15) is 5.10 Å². The minimum Gasteiger partial charge on any atom is -0.365 e. The second-order valence-electron chi connectivity index (χ2n) is 10.6. The van der Waals surface area contributed by atoms with E-state index >= 15 is 4.39 Å². The van der Waals surface area contributed by atoms with Crippen LogP contribution in [0.5, 0.6) is 0 Å². The molecule has 3 fully saturated rings. The second-order valence-corrected chi connectivity index (χ2v) is 12.7. The Bertz CT molecular complexity index is 1360. The third-order valence-corrected chi connectivity index (χ3v) is 9.69. The monoisotopic (exact) mass is 571 g/mol. The molecule has 0 radical (unpaired) electrons. The molecule has 39 heavy (non-hydrogen) atoms. The van der Waals surface area contributed by atoms with Gasteiger partial charge < -0.3 is 9.64 Å². The molecule has 8 nitrogen and oxygen atoms in total. The number of morpholine rings is 1. The van der Waals surface area contributed by atoms with Crippen LogP contribution in [0.1, 0.15) is 48.9 Å². The summed E-state index contributed by atoms with van der Waals surface area (Å²) in [6.45, 7) is 2.37. The number of nitrogens with zero attached hydrogens (tertiary/aromatic N) is 4. The number of nitrogens with one attached hydrogen (secondary N) is 1. The van der Waals surface area contributed by atoms with E-state index in [0.29, 0.717) is 22.4 Å². The third-order valence-electron chi connectivity index (χ3n) is 7.61. The summed E-state index contributed by atoms with van der Waals surface area (Å²) in [5.41, 5.74) is 1.22. The number of anilines is 1. The molecule has 206 valence electrons. The van der Waals surface area contributed by atoms with Gasteiger partial charge >= 0.3 is 0 Å². The van der Waals surface area contributed by atoms with Crippen molar-refractivity contribution in [2.75, 3.05) is 17.5 Å². The first-order valence-electron chi connectivity index (χ1n) is 13.4. The van der Waals surface area contributed by atoms with E-state index in [-0.39, 0.29) is 48.7 Å². The van der Waals surface area contributed by atoms with E-state index in [1.54, 1.807) is 22.5 Å². The average Bonchev–Trinajstić information content (AvgIpc) is 3.86. The molecule has 0 spiro atoms. The molecule has 3 aliphatic rings. The van der Waals surface area contributed by atoms with Gasteiger partial charge in [-0.15, -0.1) is 0 Å². The predicted molar refractivity (Wildman–Crippen MR) is 147 cm³/mol. The quantitative estimate of drug-likeness (QED) is 0.386. The Labute approximate surface area is 234 Å². The Morgan fingerprint density at radius 3 is 2.56 bits per heavy atom. The maximum absolute atomic E-state index is 15.0. The molecular formula is C28H31ClFN5O3S. The third kappa shape index (κ3) is 5.73. The van der Waals surface area contributed by atoms with E-state index in [9.17, 15) is 9.00 Å². The van der Waals surface area contributed by atoms with Crippen LogP contribution in [0.25, 0.3) is 0 Å². The average molecular weight is 572 g/mol. The van der Waals surface area contributed by atoms with E-state index in [1.807, 2.05) is 36.1 Å². The number of carbonyl (C=O) groups excluding carboxylic acids is 1. The minimum atomic E-state index is -1.40. The Kier molecular flexibility index (Phi) is 7.43. The van der Waals surface area contributed by atoms with Crippen LogP contribution in [0.4, 0.5) is 10.1 Å². The van der Waals surface area contributed by atoms with Crippen molar-refractivity contribution < 1.29 is 18.1 Å². The van der Waals surface area contributed by atoms with Crippen molar-refractivity contribution in [2.24, 2.45) is 5.92 Å². The fraction of sp³-hybridized carbons (Fsp3) is 0.464. The van der Waals surface area contributed by atoms with Crippen molar-refractivity contribution in [3.8, 4) is 0 Å². The van der Waals surface area contributed by atoms with E-state index in [1.165, 1.54) is 6.07 Å². The SMILES string of the molecule is Cc1nc(C[C@@H]2OCC(c3ccc(Cl)cc3)N(C(CN(c3ccccc3F)S(=O)C3CC3)C3CC3)C2=O)n[nH]1. The molecule has 1 saturated heterocycles. The van der Waals surface area contributed by atoms with E-state index in [0.717, 1.165) is 31.2 Å². The molecule has 1 aromatic heterocycles. The van der Waals surface area contributed by atoms with Gasteiger partial charge in [-0.05, 0) is 68.4 Å². The standard InChI is InChI=1S/C28H31ClFN5O3S/c1-17-31-27(33-32-17)14-26-28(36)35(25(16-38-26)19-8-10-20(29)11-9-19)24(18-6-7-18)15-34(39(37)21-12-13-21)23-5-3-2-4-22(23)30/h2-5,8-11,18,21,24-26H,6-7,12-16H2,1H3,(H,31,32,33)/t24?,25?,26-,39?/m0/s1. The fourth-order valence-corrected chi connectivity index (χ4v) is 6.96. The number of carbonyl (C=O) groups is 1. The lowest BCUT2D eigenvalue weighted by Gasteiger charge is -2.45. The lowest BCUT2D eigenvalue weighted by molar-refractivity contribution is -0.164. The molecule has 6 rings (SSSR count). The Morgan fingerprint density at radius 1 is 1.18 bits per heavy atom. The highest BCUT2D eigenvalue weighted by molar-refractivity contribution is 7.87. The predicted octanol–water partition coefficient (Wildman–Crippen LogP) is 4.53. The van der Waals surface area contributed by atoms with Crippen LogP contribution in [0.3, 0.4) is 0 Å². The summed E-state index contributed by atoms with van der Waals surface area (Å²) in [6.07, 6.45) is 3.11. The highest BCUT2D eigenvalue weighted by Gasteiger charge is 2.48. The van der Waals surface area contributed by atoms with Gasteiger partial charge in [-0.1, -0.05) is 35.9 Å². The number of rotatable bonds is 10. The first kappa shape index (κ1) is 26.4. The molecule has 1 aliphatic heterocycles. The highest BCUT2D eigenvalue weighted by Crippen LogP contribution is 2.43. The van der Waals surface area contributed by atoms with E-state index < -0.39 is 22.9 Å². The largest absolute Gasteiger partial charge is 0.365 e. The number of benzene rings is 2. The molecule has 3 aromatic rings. The van der Waals surface area contributed by atoms with Crippen LogP contribution in [-0.2, 0) is 26.9 Å². The summed E-state index contributed by atoms with van der Waals surface area (Å²) in [6, 6.07) is 13.3. The molecule has 1 N–H and O–H groups in total. The maximum atomic E-state index is 15.0. The van der Waals surface area contributed by atoms with Gasteiger partial charge in [0.25, 0.3) is 5.91 Å². The van der Waals surface area contributed by atoms with Gasteiger partial charge in [0.15, 0.2) is 5.82 Å². The van der Waals surface area contributed by atoms with Crippen molar-refractivity contribution >= 4 is 34.2 Å². The molecule has 11 heteroatoms. The molecule has 0 bridgehead atoms. The smallest absolute Gasteiger partial charge is 0.253 e. The fourth-order valence-electron chi connectivity index (χ4n) is 5.29. The van der Waals surface area contributed by atoms with Gasteiger partial charge in [0.2, 0.25) is 0 Å². The topological polar surface area (TPSA) is 91.4 Å². The number of para-hydroxylation sites is 1. The molecule has 2 aromatic carbocycles. The van der Waals surface area contributed by atoms with Gasteiger partial charge in [0.1, 0.15) is 28.7 Å². The molecule has 4 atom stereocenters. The Balaban J connectivity index is 1.36. The summed E-state index contributed by atoms with van der Waals surface area (Å²) < 4.78 is 36.5. The van der Waals surface area contributed by atoms with Crippen molar-refractivity contribution in [1.29, 1.82) is 0 Å². The zero-order valence-corrected chi connectivity index (χ0v) is 23.2. The maximum Gasteiger partial charge on any atom is 0.253 e. The number of aromatic amines is 1. The van der Waals surface area contributed by atoms with Gasteiger partial charge in [0, 0.05) is 11.4 Å². The normalized spacial score (nSPS) is 23.1. The second kappa shape index (κ2) is 11.0. The summed E-state index contributed by atoms with van der Waals surface area (Å²) >= 11 is 6.17. The summed E-state index contributed by atoms with van der Waals surface area (Å²) in [5.74, 6) is 0.830. The number of ether oxygens (including phenoxy) is 1. The first-order chi connectivity index (χ1) is 18.9. The summed E-state index contributed by atoms with van der Waals surface area (Å²) in [7, 11) is -1.40. The number of halogens is 2. The van der Waals surface area contributed by atoms with Crippen molar-refractivity contribution in [2.45, 2.75) is 62.5 Å². The summed E-state index contributed by atoms with van der Waals surface area (Å²) in [4.78, 5) is 20.5. The molecule has 2 heterocycles. The van der Waals surface area contributed by atoms with Crippen molar-refractivity contribution in [1.82, 2.24) is 20.1 Å². The number of H-pyrrole nitrogens is 1. The van der Waals surface area contributed by atoms with Crippen LogP contribution in [-0.4, -0.2) is 60.7 Å². The number of amides is 1. The molecule has 3 unspecified atom stereocenters. The van der Waals surface area contributed by atoms with Crippen LogP contribution in [0.2, 0.25) is 5.02 Å². The Hall–Kier alpha value is -2.82. The lowest BCUT2D eigenvalue weighted by Crippen LogP contribution is -2.58. The van der Waals surface area contributed by atoms with Crippen molar-refractivity contribution in [3.05, 3.63) is 76.6 Å². The lowest BCUT2D eigenvalue weighted by atomic mass is 9.97. The first-order valence-corrected chi connectivity index (χ1v) is 14.9.